The minimum absolute atomic E-state index is 0.197. The number of hydrogen-bond donors (Lipinski definition) is 0. The van der Waals surface area contributed by atoms with E-state index in [-0.39, 0.29) is 5.91 Å². The maximum absolute atomic E-state index is 13.4. The molecule has 3 fully saturated rings. The van der Waals surface area contributed by atoms with Crippen LogP contribution in [0, 0.1) is 0 Å². The molecule has 1 amide bonds. The molecule has 0 unspecified atom stereocenters. The average molecular weight is 426 g/mol. The van der Waals surface area contributed by atoms with Crippen molar-refractivity contribution < 1.29 is 9.53 Å². The van der Waals surface area contributed by atoms with Crippen LogP contribution in [-0.4, -0.2) is 74.2 Å². The molecule has 0 spiro atoms. The third-order valence-corrected chi connectivity index (χ3v) is 7.93. The minimum atomic E-state index is 0.197. The number of anilines is 1. The van der Waals surface area contributed by atoms with E-state index < -0.39 is 0 Å². The second-order valence-corrected chi connectivity index (χ2v) is 9.59. The Morgan fingerprint density at radius 1 is 0.933 bits per heavy atom. The molecule has 0 bridgehead atoms. The van der Waals surface area contributed by atoms with Crippen LogP contribution in [0.4, 0.5) is 5.00 Å². The fourth-order valence-corrected chi connectivity index (χ4v) is 6.23. The highest BCUT2D eigenvalue weighted by Crippen LogP contribution is 2.40. The summed E-state index contributed by atoms with van der Waals surface area (Å²) in [6.45, 7) is 6.99. The van der Waals surface area contributed by atoms with Gasteiger partial charge in [0.05, 0.1) is 23.1 Å². The highest BCUT2D eigenvalue weighted by atomic mass is 32.1. The largest absolute Gasteiger partial charge is 0.378 e. The lowest BCUT2D eigenvalue weighted by atomic mass is 10.1. The Bertz CT molecular complexity index is 849. The van der Waals surface area contributed by atoms with Crippen molar-refractivity contribution in [3.8, 4) is 11.1 Å². The molecule has 1 saturated carbocycles. The summed E-state index contributed by atoms with van der Waals surface area (Å²) in [6, 6.07) is 13.3. The Labute approximate surface area is 183 Å². The number of morpholine rings is 1. The van der Waals surface area contributed by atoms with E-state index in [0.717, 1.165) is 63.4 Å². The number of amides is 1. The monoisotopic (exact) mass is 425 g/mol. The first kappa shape index (κ1) is 20.0. The molecule has 3 heterocycles. The molecule has 0 atom stereocenters. The van der Waals surface area contributed by atoms with Gasteiger partial charge in [0.25, 0.3) is 5.91 Å². The maximum Gasteiger partial charge on any atom is 0.264 e. The van der Waals surface area contributed by atoms with Gasteiger partial charge >= 0.3 is 0 Å². The van der Waals surface area contributed by atoms with E-state index in [1.165, 1.54) is 41.8 Å². The molecule has 5 nitrogen and oxygen atoms in total. The van der Waals surface area contributed by atoms with Gasteiger partial charge in [-0.1, -0.05) is 43.2 Å². The molecule has 3 aliphatic rings. The van der Waals surface area contributed by atoms with Gasteiger partial charge in [0.15, 0.2) is 0 Å². The fourth-order valence-electron chi connectivity index (χ4n) is 5.03. The number of carbonyl (C=O) groups excluding carboxylic acids is 1. The zero-order valence-electron chi connectivity index (χ0n) is 17.6. The van der Waals surface area contributed by atoms with Gasteiger partial charge in [-0.3, -0.25) is 9.69 Å². The number of rotatable bonds is 4. The van der Waals surface area contributed by atoms with Crippen LogP contribution in [-0.2, 0) is 4.74 Å². The van der Waals surface area contributed by atoms with Gasteiger partial charge in [-0.2, -0.15) is 0 Å². The average Bonchev–Trinajstić information content (AvgIpc) is 3.51. The third-order valence-electron chi connectivity index (χ3n) is 6.75. The van der Waals surface area contributed by atoms with E-state index in [1.807, 2.05) is 6.07 Å². The van der Waals surface area contributed by atoms with Gasteiger partial charge in [-0.05, 0) is 24.5 Å². The first-order valence-corrected chi connectivity index (χ1v) is 12.2. The summed E-state index contributed by atoms with van der Waals surface area (Å²) in [5.41, 5.74) is 2.36. The SMILES string of the molecule is O=C(c1cc(-c2ccccc2)c(N2CCOCC2)s1)N1CCN(C2CCCC2)CC1. The van der Waals surface area contributed by atoms with Gasteiger partial charge in [-0.15, -0.1) is 11.3 Å². The third kappa shape index (κ3) is 4.13. The second-order valence-electron chi connectivity index (χ2n) is 8.56. The summed E-state index contributed by atoms with van der Waals surface area (Å²) < 4.78 is 5.55. The lowest BCUT2D eigenvalue weighted by molar-refractivity contribution is 0.0578. The van der Waals surface area contributed by atoms with E-state index in [2.05, 4.69) is 45.0 Å². The number of benzene rings is 1. The molecule has 0 N–H and O–H groups in total. The van der Waals surface area contributed by atoms with Gasteiger partial charge in [-0.25, -0.2) is 0 Å². The van der Waals surface area contributed by atoms with Crippen molar-refractivity contribution in [3.05, 3.63) is 41.3 Å². The van der Waals surface area contributed by atoms with Crippen molar-refractivity contribution >= 4 is 22.2 Å². The highest BCUT2D eigenvalue weighted by molar-refractivity contribution is 7.18. The van der Waals surface area contributed by atoms with Crippen LogP contribution in [0.5, 0.6) is 0 Å². The minimum Gasteiger partial charge on any atom is -0.378 e. The highest BCUT2D eigenvalue weighted by Gasteiger charge is 2.30. The van der Waals surface area contributed by atoms with Crippen LogP contribution >= 0.6 is 11.3 Å². The van der Waals surface area contributed by atoms with Crippen molar-refractivity contribution in [2.75, 3.05) is 57.4 Å². The number of ether oxygens (including phenoxy) is 1. The molecular formula is C24H31N3O2S. The summed E-state index contributed by atoms with van der Waals surface area (Å²) >= 11 is 1.65. The van der Waals surface area contributed by atoms with E-state index in [1.54, 1.807) is 11.3 Å². The molecular weight excluding hydrogens is 394 g/mol. The lowest BCUT2D eigenvalue weighted by Crippen LogP contribution is -2.51. The first-order chi connectivity index (χ1) is 14.8. The molecule has 0 radical (unpaired) electrons. The van der Waals surface area contributed by atoms with Crippen molar-refractivity contribution in [3.63, 3.8) is 0 Å². The van der Waals surface area contributed by atoms with Gasteiger partial charge in [0, 0.05) is 50.9 Å². The number of thiophene rings is 1. The van der Waals surface area contributed by atoms with Crippen LogP contribution in [0.1, 0.15) is 35.4 Å². The van der Waals surface area contributed by atoms with Crippen LogP contribution < -0.4 is 4.90 Å². The maximum atomic E-state index is 13.4. The summed E-state index contributed by atoms with van der Waals surface area (Å²) in [6.07, 6.45) is 5.40. The second kappa shape index (κ2) is 9.08. The summed E-state index contributed by atoms with van der Waals surface area (Å²) in [5, 5.41) is 1.21. The molecule has 1 aromatic heterocycles. The Balaban J connectivity index is 1.35. The van der Waals surface area contributed by atoms with E-state index in [4.69, 9.17) is 4.74 Å². The standard InChI is InChI=1S/C24H31N3O2S/c28-23(26-12-10-25(11-13-26)20-8-4-5-9-20)22-18-21(19-6-2-1-3-7-19)24(30-22)27-14-16-29-17-15-27/h1-3,6-7,18,20H,4-5,8-17H2. The first-order valence-electron chi connectivity index (χ1n) is 11.3. The molecule has 2 aromatic rings. The quantitative estimate of drug-likeness (QED) is 0.743. The Kier molecular flexibility index (Phi) is 6.07. The molecule has 30 heavy (non-hydrogen) atoms. The van der Waals surface area contributed by atoms with E-state index in [9.17, 15) is 4.79 Å². The molecule has 2 aliphatic heterocycles. The van der Waals surface area contributed by atoms with Crippen LogP contribution in [0.25, 0.3) is 11.1 Å². The Hall–Kier alpha value is -1.89. The smallest absolute Gasteiger partial charge is 0.264 e. The van der Waals surface area contributed by atoms with Gasteiger partial charge in [0.2, 0.25) is 0 Å². The topological polar surface area (TPSA) is 36.0 Å². The predicted molar refractivity (Wildman–Crippen MR) is 123 cm³/mol. The van der Waals surface area contributed by atoms with Gasteiger partial charge in [0.1, 0.15) is 0 Å². The molecule has 1 aliphatic carbocycles. The zero-order valence-corrected chi connectivity index (χ0v) is 18.4. The lowest BCUT2D eigenvalue weighted by Gasteiger charge is -2.37. The van der Waals surface area contributed by atoms with Gasteiger partial charge < -0.3 is 14.5 Å². The van der Waals surface area contributed by atoms with Crippen LogP contribution in [0.15, 0.2) is 36.4 Å². The molecule has 160 valence electrons. The van der Waals surface area contributed by atoms with Crippen LogP contribution in [0.3, 0.4) is 0 Å². The number of piperazine rings is 1. The fraction of sp³-hybridized carbons (Fsp3) is 0.542. The van der Waals surface area contributed by atoms with Crippen molar-refractivity contribution in [1.29, 1.82) is 0 Å². The molecule has 6 heteroatoms. The van der Waals surface area contributed by atoms with Crippen molar-refractivity contribution in [2.45, 2.75) is 31.7 Å². The normalized spacial score (nSPS) is 21.3. The van der Waals surface area contributed by atoms with Crippen molar-refractivity contribution in [1.82, 2.24) is 9.80 Å². The molecule has 1 aromatic carbocycles. The zero-order chi connectivity index (χ0) is 20.3. The molecule has 5 rings (SSSR count). The number of hydrogen-bond acceptors (Lipinski definition) is 5. The Morgan fingerprint density at radius 3 is 2.33 bits per heavy atom. The summed E-state index contributed by atoms with van der Waals surface area (Å²) in [7, 11) is 0. The van der Waals surface area contributed by atoms with Crippen LogP contribution in [0.2, 0.25) is 0 Å². The Morgan fingerprint density at radius 2 is 1.63 bits per heavy atom. The predicted octanol–water partition coefficient (Wildman–Crippen LogP) is 3.95. The number of nitrogens with zero attached hydrogens (tertiary/aromatic N) is 3. The van der Waals surface area contributed by atoms with E-state index >= 15 is 0 Å². The van der Waals surface area contributed by atoms with E-state index in [0.29, 0.717) is 0 Å². The number of carbonyl (C=O) groups is 1. The molecule has 2 saturated heterocycles. The van der Waals surface area contributed by atoms with Crippen molar-refractivity contribution in [2.24, 2.45) is 0 Å². The summed E-state index contributed by atoms with van der Waals surface area (Å²) in [5.74, 6) is 0.197. The summed E-state index contributed by atoms with van der Waals surface area (Å²) in [4.78, 5) is 21.3.